The van der Waals surface area contributed by atoms with E-state index in [2.05, 4.69) is 21.3 Å². The highest BCUT2D eigenvalue weighted by Crippen LogP contribution is 2.25. The lowest BCUT2D eigenvalue weighted by Crippen LogP contribution is -2.26. The molecule has 2 aliphatic rings. The standard InChI is InChI=1S/C11H17N3OS/c15-16-5-2-10(3-6-16)14-8-9-1-4-12-7-11(9)13-14/h8,10,12H,1-7H2. The predicted octanol–water partition coefficient (Wildman–Crippen LogP) is 0.612. The van der Waals surface area contributed by atoms with Crippen LogP contribution in [-0.4, -0.2) is 32.4 Å². The van der Waals surface area contributed by atoms with Gasteiger partial charge in [-0.15, -0.1) is 0 Å². The van der Waals surface area contributed by atoms with Crippen LogP contribution in [0.1, 0.15) is 30.1 Å². The van der Waals surface area contributed by atoms with Gasteiger partial charge in [-0.05, 0) is 18.5 Å². The van der Waals surface area contributed by atoms with E-state index >= 15 is 0 Å². The average molecular weight is 239 g/mol. The maximum absolute atomic E-state index is 11.3. The minimum absolute atomic E-state index is 0.475. The second-order valence-corrected chi connectivity index (χ2v) is 6.28. The smallest absolute Gasteiger partial charge is 0.107 e. The number of fused-ring (bicyclic) bond motifs is 1. The van der Waals surface area contributed by atoms with Crippen LogP contribution in [0.4, 0.5) is 0 Å². The molecule has 0 unspecified atom stereocenters. The van der Waals surface area contributed by atoms with Crippen molar-refractivity contribution in [3.63, 3.8) is 0 Å². The molecule has 1 aromatic rings. The maximum atomic E-state index is 11.3. The minimum Gasteiger partial charge on any atom is -0.616 e. The number of nitrogens with zero attached hydrogens (tertiary/aromatic N) is 2. The Kier molecular flexibility index (Phi) is 2.91. The van der Waals surface area contributed by atoms with Crippen LogP contribution in [0, 0.1) is 0 Å². The highest BCUT2D eigenvalue weighted by molar-refractivity contribution is 7.91. The van der Waals surface area contributed by atoms with Crippen LogP contribution >= 0.6 is 0 Å². The third-order valence-electron chi connectivity index (χ3n) is 3.49. The Labute approximate surface area is 98.6 Å². The van der Waals surface area contributed by atoms with Gasteiger partial charge in [0.1, 0.15) is 11.5 Å². The molecule has 5 heteroatoms. The van der Waals surface area contributed by atoms with Crippen LogP contribution in [0.3, 0.4) is 0 Å². The maximum Gasteiger partial charge on any atom is 0.107 e. The van der Waals surface area contributed by atoms with Gasteiger partial charge in [0.05, 0.1) is 11.7 Å². The molecule has 4 nitrogen and oxygen atoms in total. The summed E-state index contributed by atoms with van der Waals surface area (Å²) in [7, 11) is 0. The number of hydrogen-bond acceptors (Lipinski definition) is 3. The van der Waals surface area contributed by atoms with Gasteiger partial charge in [-0.3, -0.25) is 4.68 Å². The molecule has 3 rings (SSSR count). The molecular weight excluding hydrogens is 222 g/mol. The molecule has 1 saturated heterocycles. The molecule has 2 aliphatic heterocycles. The number of aromatic nitrogens is 2. The van der Waals surface area contributed by atoms with Crippen molar-refractivity contribution in [3.8, 4) is 0 Å². The van der Waals surface area contributed by atoms with Gasteiger partial charge in [0, 0.05) is 25.6 Å². The lowest BCUT2D eigenvalue weighted by molar-refractivity contribution is 0.410. The van der Waals surface area contributed by atoms with E-state index in [-0.39, 0.29) is 0 Å². The molecule has 1 aromatic heterocycles. The van der Waals surface area contributed by atoms with E-state index in [0.717, 1.165) is 43.9 Å². The van der Waals surface area contributed by atoms with E-state index < -0.39 is 11.2 Å². The van der Waals surface area contributed by atoms with Gasteiger partial charge in [0.15, 0.2) is 0 Å². The normalized spacial score (nSPS) is 30.1. The molecule has 0 amide bonds. The Balaban J connectivity index is 1.76. The van der Waals surface area contributed by atoms with Gasteiger partial charge in [-0.25, -0.2) is 0 Å². The molecular formula is C11H17N3OS. The minimum atomic E-state index is -0.578. The Morgan fingerprint density at radius 2 is 2.25 bits per heavy atom. The van der Waals surface area contributed by atoms with Crippen LogP contribution in [-0.2, 0) is 24.1 Å². The zero-order chi connectivity index (χ0) is 11.0. The molecule has 0 atom stereocenters. The Hall–Kier alpha value is -0.520. The molecule has 88 valence electrons. The van der Waals surface area contributed by atoms with Gasteiger partial charge in [0.2, 0.25) is 0 Å². The quantitative estimate of drug-likeness (QED) is 0.731. The van der Waals surface area contributed by atoms with E-state index in [4.69, 9.17) is 0 Å². The number of hydrogen-bond donors (Lipinski definition) is 1. The first-order chi connectivity index (χ1) is 7.83. The fourth-order valence-electron chi connectivity index (χ4n) is 2.49. The summed E-state index contributed by atoms with van der Waals surface area (Å²) < 4.78 is 13.4. The second-order valence-electron chi connectivity index (χ2n) is 4.59. The predicted molar refractivity (Wildman–Crippen MR) is 63.8 cm³/mol. The summed E-state index contributed by atoms with van der Waals surface area (Å²) in [5.74, 6) is 1.68. The molecule has 0 radical (unpaired) electrons. The molecule has 16 heavy (non-hydrogen) atoms. The van der Waals surface area contributed by atoms with Gasteiger partial charge >= 0.3 is 0 Å². The molecule has 0 aliphatic carbocycles. The van der Waals surface area contributed by atoms with Crippen LogP contribution in [0.2, 0.25) is 0 Å². The van der Waals surface area contributed by atoms with Crippen LogP contribution < -0.4 is 5.32 Å². The van der Waals surface area contributed by atoms with Crippen molar-refractivity contribution >= 4 is 11.2 Å². The van der Waals surface area contributed by atoms with Gasteiger partial charge < -0.3 is 9.87 Å². The third-order valence-corrected chi connectivity index (χ3v) is 4.87. The van der Waals surface area contributed by atoms with Gasteiger partial charge in [-0.2, -0.15) is 5.10 Å². The van der Waals surface area contributed by atoms with Crippen molar-refractivity contribution in [1.29, 1.82) is 0 Å². The molecule has 1 fully saturated rings. The lowest BCUT2D eigenvalue weighted by Gasteiger charge is -2.24. The first kappa shape index (κ1) is 10.6. The monoisotopic (exact) mass is 239 g/mol. The summed E-state index contributed by atoms with van der Waals surface area (Å²) in [6.07, 6.45) is 5.32. The van der Waals surface area contributed by atoms with E-state index in [9.17, 15) is 4.55 Å². The Morgan fingerprint density at radius 1 is 1.44 bits per heavy atom. The highest BCUT2D eigenvalue weighted by atomic mass is 32.2. The summed E-state index contributed by atoms with van der Waals surface area (Å²) in [4.78, 5) is 0. The summed E-state index contributed by atoms with van der Waals surface area (Å²) in [5.41, 5.74) is 2.60. The zero-order valence-corrected chi connectivity index (χ0v) is 10.1. The van der Waals surface area contributed by atoms with Crippen molar-refractivity contribution in [3.05, 3.63) is 17.5 Å². The average Bonchev–Trinajstić information content (AvgIpc) is 2.73. The molecule has 1 N–H and O–H groups in total. The third kappa shape index (κ3) is 1.99. The zero-order valence-electron chi connectivity index (χ0n) is 9.32. The van der Waals surface area contributed by atoms with Crippen LogP contribution in [0.15, 0.2) is 6.20 Å². The van der Waals surface area contributed by atoms with Gasteiger partial charge in [-0.1, -0.05) is 11.2 Å². The van der Waals surface area contributed by atoms with E-state index in [1.54, 1.807) is 0 Å². The van der Waals surface area contributed by atoms with Crippen LogP contribution in [0.5, 0.6) is 0 Å². The van der Waals surface area contributed by atoms with Crippen LogP contribution in [0.25, 0.3) is 0 Å². The van der Waals surface area contributed by atoms with Gasteiger partial charge in [0.25, 0.3) is 0 Å². The summed E-state index contributed by atoms with van der Waals surface area (Å²) in [5, 5.41) is 7.99. The molecule has 0 bridgehead atoms. The van der Waals surface area contributed by atoms with Crippen molar-refractivity contribution in [1.82, 2.24) is 15.1 Å². The fourth-order valence-corrected chi connectivity index (χ4v) is 3.76. The van der Waals surface area contributed by atoms with E-state index in [1.807, 2.05) is 0 Å². The Bertz CT molecular complexity index is 348. The summed E-state index contributed by atoms with van der Waals surface area (Å²) in [6, 6.07) is 0.475. The molecule has 0 spiro atoms. The van der Waals surface area contributed by atoms with Crippen molar-refractivity contribution in [2.24, 2.45) is 0 Å². The first-order valence-corrected chi connectivity index (χ1v) is 7.44. The van der Waals surface area contributed by atoms with Crippen molar-refractivity contribution in [2.75, 3.05) is 18.1 Å². The SMILES string of the molecule is [O-][S+]1CCC(n2cc3c(n2)CNCC3)CC1. The molecule has 0 aromatic carbocycles. The second kappa shape index (κ2) is 4.39. The van der Waals surface area contributed by atoms with E-state index in [1.165, 1.54) is 11.3 Å². The number of rotatable bonds is 1. The molecule has 3 heterocycles. The largest absolute Gasteiger partial charge is 0.616 e. The fraction of sp³-hybridized carbons (Fsp3) is 0.727. The lowest BCUT2D eigenvalue weighted by atomic mass is 10.1. The Morgan fingerprint density at radius 3 is 3.00 bits per heavy atom. The highest BCUT2D eigenvalue weighted by Gasteiger charge is 2.25. The molecule has 0 saturated carbocycles. The summed E-state index contributed by atoms with van der Waals surface area (Å²) in [6.45, 7) is 1.97. The first-order valence-electron chi connectivity index (χ1n) is 5.95. The van der Waals surface area contributed by atoms with Crippen molar-refractivity contribution < 1.29 is 4.55 Å². The van der Waals surface area contributed by atoms with Crippen molar-refractivity contribution in [2.45, 2.75) is 31.8 Å². The topological polar surface area (TPSA) is 52.9 Å². The van der Waals surface area contributed by atoms with E-state index in [0.29, 0.717) is 6.04 Å². The summed E-state index contributed by atoms with van der Waals surface area (Å²) >= 11 is -0.578. The number of nitrogens with one attached hydrogen (secondary N) is 1.